The van der Waals surface area contributed by atoms with E-state index in [4.69, 9.17) is 24.3 Å². The van der Waals surface area contributed by atoms with Gasteiger partial charge in [0.05, 0.1) is 13.2 Å². The molecule has 0 aromatic heterocycles. The van der Waals surface area contributed by atoms with Crippen molar-refractivity contribution in [3.05, 3.63) is 60.8 Å². The van der Waals surface area contributed by atoms with E-state index in [0.29, 0.717) is 12.8 Å². The maximum Gasteiger partial charge on any atom is 0.472 e. The fourth-order valence-corrected chi connectivity index (χ4v) is 5.91. The molecule has 10 heteroatoms. The number of phosphoric acid groups is 1. The molecule has 0 amide bonds. The number of rotatable bonds is 37. The van der Waals surface area contributed by atoms with Gasteiger partial charge in [0.15, 0.2) is 6.10 Å². The maximum absolute atomic E-state index is 12.5. The van der Waals surface area contributed by atoms with E-state index >= 15 is 0 Å². The Morgan fingerprint density at radius 2 is 1.06 bits per heavy atom. The van der Waals surface area contributed by atoms with Crippen molar-refractivity contribution in [3.63, 3.8) is 0 Å². The number of carbonyl (C=O) groups is 2. The van der Waals surface area contributed by atoms with E-state index in [-0.39, 0.29) is 32.6 Å². The van der Waals surface area contributed by atoms with E-state index in [2.05, 4.69) is 74.6 Å². The van der Waals surface area contributed by atoms with E-state index in [1.807, 2.05) is 0 Å². The molecule has 300 valence electrons. The zero-order valence-corrected chi connectivity index (χ0v) is 33.7. The van der Waals surface area contributed by atoms with Crippen molar-refractivity contribution in [2.45, 2.75) is 168 Å². The van der Waals surface area contributed by atoms with Gasteiger partial charge in [-0.25, -0.2) is 4.57 Å². The lowest BCUT2D eigenvalue weighted by Gasteiger charge is -2.19. The largest absolute Gasteiger partial charge is 0.472 e. The van der Waals surface area contributed by atoms with Crippen LogP contribution in [0.25, 0.3) is 0 Å². The van der Waals surface area contributed by atoms with Crippen LogP contribution in [0.5, 0.6) is 0 Å². The molecule has 0 fully saturated rings. The van der Waals surface area contributed by atoms with Crippen molar-refractivity contribution in [3.8, 4) is 0 Å². The third-order valence-electron chi connectivity index (χ3n) is 8.14. The van der Waals surface area contributed by atoms with Gasteiger partial charge in [-0.05, 0) is 77.0 Å². The molecule has 0 bridgehead atoms. The summed E-state index contributed by atoms with van der Waals surface area (Å²) >= 11 is 0. The van der Waals surface area contributed by atoms with Crippen molar-refractivity contribution in [2.75, 3.05) is 26.4 Å². The van der Waals surface area contributed by atoms with Gasteiger partial charge < -0.3 is 20.1 Å². The number of carbonyl (C=O) groups excluding carboxylic acids is 2. The predicted octanol–water partition coefficient (Wildman–Crippen LogP) is 11.3. The molecule has 9 nitrogen and oxygen atoms in total. The van der Waals surface area contributed by atoms with Crippen molar-refractivity contribution >= 4 is 19.8 Å². The molecule has 0 heterocycles. The van der Waals surface area contributed by atoms with Crippen molar-refractivity contribution in [1.29, 1.82) is 0 Å². The molecule has 0 saturated heterocycles. The second-order valence-corrected chi connectivity index (χ2v) is 14.6. The van der Waals surface area contributed by atoms with E-state index in [9.17, 15) is 19.0 Å². The lowest BCUT2D eigenvalue weighted by Crippen LogP contribution is -2.29. The fraction of sp³-hybridized carbons (Fsp3) is 0.714. The molecule has 0 aliphatic heterocycles. The molecule has 0 aromatic carbocycles. The zero-order valence-electron chi connectivity index (χ0n) is 32.8. The highest BCUT2D eigenvalue weighted by Crippen LogP contribution is 2.43. The first-order valence-corrected chi connectivity index (χ1v) is 21.8. The number of phosphoric ester groups is 1. The Hall–Kier alpha value is -2.29. The number of hydrogen-bond acceptors (Lipinski definition) is 8. The number of allylic oxidation sites excluding steroid dienone is 10. The van der Waals surface area contributed by atoms with Crippen LogP contribution in [0.15, 0.2) is 60.8 Å². The number of esters is 2. The summed E-state index contributed by atoms with van der Waals surface area (Å²) in [5.41, 5.74) is 5.34. The first-order valence-electron chi connectivity index (χ1n) is 20.3. The van der Waals surface area contributed by atoms with Crippen LogP contribution in [0.2, 0.25) is 0 Å². The van der Waals surface area contributed by atoms with E-state index in [1.54, 1.807) is 0 Å². The minimum atomic E-state index is -4.38. The molecule has 52 heavy (non-hydrogen) atoms. The highest BCUT2D eigenvalue weighted by Gasteiger charge is 2.25. The second-order valence-electron chi connectivity index (χ2n) is 13.1. The molecule has 0 radical (unpaired) electrons. The lowest BCUT2D eigenvalue weighted by atomic mass is 10.1. The average Bonchev–Trinajstić information content (AvgIpc) is 3.13. The topological polar surface area (TPSA) is 134 Å². The lowest BCUT2D eigenvalue weighted by molar-refractivity contribution is -0.161. The molecule has 0 aromatic rings. The maximum atomic E-state index is 12.5. The standard InChI is InChI=1S/C42H74NO8P/c1-3-5-7-9-11-13-15-17-19-21-22-24-26-28-30-32-34-41(44)48-38-40(39-50-52(46,47)49-37-36-43)51-42(45)35-33-31-29-27-25-23-20-18-16-14-12-10-8-6-4-2/h6,8,12-15,18-21,40H,3-5,7,9-11,16-17,22-39,43H2,1-2H3,(H,46,47)/b8-6-,14-12-,15-13-,20-18-,21-19-. The molecule has 0 rings (SSSR count). The van der Waals surface area contributed by atoms with Crippen LogP contribution in [-0.2, 0) is 32.7 Å². The van der Waals surface area contributed by atoms with Crippen molar-refractivity contribution in [2.24, 2.45) is 5.73 Å². The van der Waals surface area contributed by atoms with Gasteiger partial charge in [-0.3, -0.25) is 18.6 Å². The van der Waals surface area contributed by atoms with Crippen LogP contribution >= 0.6 is 7.82 Å². The number of hydrogen-bond donors (Lipinski definition) is 2. The summed E-state index contributed by atoms with van der Waals surface area (Å²) < 4.78 is 32.7. The van der Waals surface area contributed by atoms with Crippen LogP contribution in [0.3, 0.4) is 0 Å². The van der Waals surface area contributed by atoms with E-state index in [0.717, 1.165) is 89.9 Å². The molecule has 0 aliphatic carbocycles. The Kier molecular flexibility index (Phi) is 36.7. The number of unbranched alkanes of at least 4 members (excludes halogenated alkanes) is 14. The Bertz CT molecular complexity index is 1040. The van der Waals surface area contributed by atoms with Gasteiger partial charge >= 0.3 is 19.8 Å². The van der Waals surface area contributed by atoms with Crippen LogP contribution in [-0.4, -0.2) is 49.3 Å². The quantitative estimate of drug-likeness (QED) is 0.0275. The Morgan fingerprint density at radius 1 is 0.596 bits per heavy atom. The zero-order chi connectivity index (χ0) is 38.2. The van der Waals surface area contributed by atoms with Gasteiger partial charge in [-0.1, -0.05) is 132 Å². The normalized spacial score (nSPS) is 14.0. The molecule has 2 atom stereocenters. The molecular weight excluding hydrogens is 677 g/mol. The van der Waals surface area contributed by atoms with Crippen molar-refractivity contribution < 1.29 is 37.6 Å². The minimum Gasteiger partial charge on any atom is -0.462 e. The first kappa shape index (κ1) is 49.7. The van der Waals surface area contributed by atoms with E-state index < -0.39 is 32.5 Å². The molecule has 2 unspecified atom stereocenters. The van der Waals surface area contributed by atoms with Gasteiger partial charge in [-0.15, -0.1) is 0 Å². The highest BCUT2D eigenvalue weighted by molar-refractivity contribution is 7.47. The second kappa shape index (κ2) is 38.4. The number of nitrogens with two attached hydrogens (primary N) is 1. The van der Waals surface area contributed by atoms with Gasteiger partial charge in [0.2, 0.25) is 0 Å². The van der Waals surface area contributed by atoms with E-state index in [1.165, 1.54) is 32.1 Å². The SMILES string of the molecule is CC/C=C\C/C=C\C/C=C\CCCCCCCC(=O)OC(COC(=O)CCCCCCC/C=C\C/C=C\CCCCCC)COP(=O)(O)OCCN. The van der Waals surface area contributed by atoms with Gasteiger partial charge in [0.1, 0.15) is 6.61 Å². The summed E-state index contributed by atoms with van der Waals surface area (Å²) in [4.78, 5) is 34.8. The first-order chi connectivity index (χ1) is 25.3. The number of ether oxygens (including phenoxy) is 2. The molecule has 0 spiro atoms. The average molecular weight is 752 g/mol. The van der Waals surface area contributed by atoms with Gasteiger partial charge in [-0.2, -0.15) is 0 Å². The monoisotopic (exact) mass is 752 g/mol. The molecular formula is C42H74NO8P. The smallest absolute Gasteiger partial charge is 0.462 e. The van der Waals surface area contributed by atoms with Crippen LogP contribution in [0.4, 0.5) is 0 Å². The van der Waals surface area contributed by atoms with Crippen LogP contribution in [0, 0.1) is 0 Å². The third-order valence-corrected chi connectivity index (χ3v) is 9.12. The third kappa shape index (κ3) is 37.5. The summed E-state index contributed by atoms with van der Waals surface area (Å²) in [5.74, 6) is -0.870. The molecule has 3 N–H and O–H groups in total. The van der Waals surface area contributed by atoms with Gasteiger partial charge in [0, 0.05) is 19.4 Å². The van der Waals surface area contributed by atoms with Crippen molar-refractivity contribution in [1.82, 2.24) is 0 Å². The summed E-state index contributed by atoms with van der Waals surface area (Å²) in [6.45, 7) is 3.55. The Morgan fingerprint density at radius 3 is 1.58 bits per heavy atom. The van der Waals surface area contributed by atoms with Crippen LogP contribution < -0.4 is 5.73 Å². The van der Waals surface area contributed by atoms with Crippen LogP contribution in [0.1, 0.15) is 162 Å². The molecule has 0 saturated carbocycles. The minimum absolute atomic E-state index is 0.0455. The summed E-state index contributed by atoms with van der Waals surface area (Å²) in [7, 11) is -4.38. The Labute approximate surface area is 317 Å². The molecule has 0 aliphatic rings. The fourth-order valence-electron chi connectivity index (χ4n) is 5.15. The highest BCUT2D eigenvalue weighted by atomic mass is 31.2. The summed E-state index contributed by atoms with van der Waals surface area (Å²) in [5, 5.41) is 0. The predicted molar refractivity (Wildman–Crippen MR) is 215 cm³/mol. The Balaban J connectivity index is 4.25. The summed E-state index contributed by atoms with van der Waals surface area (Å²) in [6, 6.07) is 0. The van der Waals surface area contributed by atoms with Gasteiger partial charge in [0.25, 0.3) is 0 Å². The summed E-state index contributed by atoms with van der Waals surface area (Å²) in [6.07, 6.45) is 43.9.